The maximum Gasteiger partial charge on any atom is 0.356 e. The summed E-state index contributed by atoms with van der Waals surface area (Å²) in [5.41, 5.74) is 1.48. The van der Waals surface area contributed by atoms with Crippen molar-refractivity contribution in [3.63, 3.8) is 0 Å². The summed E-state index contributed by atoms with van der Waals surface area (Å²) < 4.78 is 20.0. The van der Waals surface area contributed by atoms with E-state index >= 15 is 0 Å². The minimum absolute atomic E-state index is 0.126. The maximum absolute atomic E-state index is 14.0. The molecule has 0 bridgehead atoms. The zero-order valence-corrected chi connectivity index (χ0v) is 12.6. The second-order valence-electron chi connectivity index (χ2n) is 4.63. The molecule has 0 aliphatic rings. The lowest BCUT2D eigenvalue weighted by atomic mass is 10.1. The highest BCUT2D eigenvalue weighted by Gasteiger charge is 2.20. The van der Waals surface area contributed by atoms with Gasteiger partial charge in [-0.2, -0.15) is 5.10 Å². The zero-order chi connectivity index (χ0) is 15.9. The minimum Gasteiger partial charge on any atom is -0.464 e. The van der Waals surface area contributed by atoms with E-state index in [2.05, 4.69) is 10.1 Å². The Labute approximate surface area is 130 Å². The number of nitrogens with zero attached hydrogens (tertiary/aromatic N) is 3. The molecule has 2 aromatic heterocycles. The van der Waals surface area contributed by atoms with Crippen LogP contribution in [0.5, 0.6) is 0 Å². The van der Waals surface area contributed by atoms with E-state index in [9.17, 15) is 9.18 Å². The Hall–Kier alpha value is -2.47. The predicted octanol–water partition coefficient (Wildman–Crippen LogP) is 3.28. The van der Waals surface area contributed by atoms with Crippen molar-refractivity contribution in [3.05, 3.63) is 52.6 Å². The minimum atomic E-state index is -0.607. The third kappa shape index (κ3) is 2.21. The molecular formula is C15H11ClFN3O2. The first-order chi connectivity index (χ1) is 10.5. The van der Waals surface area contributed by atoms with Crippen LogP contribution in [0.2, 0.25) is 5.02 Å². The van der Waals surface area contributed by atoms with Crippen LogP contribution in [0, 0.1) is 12.7 Å². The summed E-state index contributed by atoms with van der Waals surface area (Å²) in [5, 5.41) is 4.48. The SMILES string of the molecule is COC(=O)c1cc(-c2ccccc2F)nc2c(Cl)c(C)nn12. The molecule has 2 heterocycles. The molecule has 112 valence electrons. The first kappa shape index (κ1) is 14.5. The Balaban J connectivity index is 2.36. The van der Waals surface area contributed by atoms with Gasteiger partial charge in [0.1, 0.15) is 10.8 Å². The number of hydrogen-bond acceptors (Lipinski definition) is 4. The summed E-state index contributed by atoms with van der Waals surface area (Å²) >= 11 is 6.17. The van der Waals surface area contributed by atoms with Crippen LogP contribution in [-0.2, 0) is 4.74 Å². The fraction of sp³-hybridized carbons (Fsp3) is 0.133. The summed E-state index contributed by atoms with van der Waals surface area (Å²) in [6.07, 6.45) is 0. The molecule has 0 saturated heterocycles. The number of benzene rings is 1. The van der Waals surface area contributed by atoms with Gasteiger partial charge in [-0.3, -0.25) is 0 Å². The molecule has 0 N–H and O–H groups in total. The monoisotopic (exact) mass is 319 g/mol. The van der Waals surface area contributed by atoms with Gasteiger partial charge >= 0.3 is 5.97 Å². The van der Waals surface area contributed by atoms with Gasteiger partial charge in [0.2, 0.25) is 0 Å². The number of carbonyl (C=O) groups is 1. The number of halogens is 2. The van der Waals surface area contributed by atoms with Crippen molar-refractivity contribution in [2.45, 2.75) is 6.92 Å². The molecule has 5 nitrogen and oxygen atoms in total. The van der Waals surface area contributed by atoms with Crippen molar-refractivity contribution < 1.29 is 13.9 Å². The number of aromatic nitrogens is 3. The molecule has 1 aromatic carbocycles. The lowest BCUT2D eigenvalue weighted by Gasteiger charge is -2.07. The van der Waals surface area contributed by atoms with Crippen LogP contribution in [0.4, 0.5) is 4.39 Å². The number of esters is 1. The van der Waals surface area contributed by atoms with E-state index in [1.165, 1.54) is 23.8 Å². The molecule has 7 heteroatoms. The van der Waals surface area contributed by atoms with Crippen molar-refractivity contribution >= 4 is 23.2 Å². The summed E-state index contributed by atoms with van der Waals surface area (Å²) in [6, 6.07) is 7.59. The van der Waals surface area contributed by atoms with Crippen LogP contribution in [0.1, 0.15) is 16.2 Å². The average Bonchev–Trinajstić information content (AvgIpc) is 2.81. The van der Waals surface area contributed by atoms with Gasteiger partial charge in [-0.1, -0.05) is 23.7 Å². The van der Waals surface area contributed by atoms with E-state index in [0.29, 0.717) is 10.7 Å². The number of carbonyl (C=O) groups excluding carboxylic acids is 1. The van der Waals surface area contributed by atoms with E-state index in [4.69, 9.17) is 16.3 Å². The lowest BCUT2D eigenvalue weighted by Crippen LogP contribution is -2.11. The number of aryl methyl sites for hydroxylation is 1. The molecule has 0 amide bonds. The number of ether oxygens (including phenoxy) is 1. The van der Waals surface area contributed by atoms with Crippen molar-refractivity contribution in [2.75, 3.05) is 7.11 Å². The maximum atomic E-state index is 14.0. The van der Waals surface area contributed by atoms with Crippen molar-refractivity contribution in [3.8, 4) is 11.3 Å². The standard InChI is InChI=1S/C15H11ClFN3O2/c1-8-13(16)14-18-11(9-5-3-4-6-10(9)17)7-12(15(21)22-2)20(14)19-8/h3-7H,1-2H3. The van der Waals surface area contributed by atoms with Gasteiger partial charge in [0.05, 0.1) is 18.5 Å². The van der Waals surface area contributed by atoms with E-state index in [-0.39, 0.29) is 22.6 Å². The Kier molecular flexibility index (Phi) is 3.54. The lowest BCUT2D eigenvalue weighted by molar-refractivity contribution is 0.0590. The smallest absolute Gasteiger partial charge is 0.356 e. The molecule has 0 saturated carbocycles. The van der Waals surface area contributed by atoms with E-state index < -0.39 is 11.8 Å². The summed E-state index contributed by atoms with van der Waals surface area (Å²) in [7, 11) is 1.26. The summed E-state index contributed by atoms with van der Waals surface area (Å²) in [4.78, 5) is 16.3. The summed E-state index contributed by atoms with van der Waals surface area (Å²) in [6.45, 7) is 1.70. The average molecular weight is 320 g/mol. The van der Waals surface area contributed by atoms with Gasteiger partial charge in [-0.25, -0.2) is 18.7 Å². The number of fused-ring (bicyclic) bond motifs is 1. The molecule has 3 aromatic rings. The second-order valence-corrected chi connectivity index (χ2v) is 5.01. The first-order valence-electron chi connectivity index (χ1n) is 6.42. The third-order valence-corrected chi connectivity index (χ3v) is 3.68. The highest BCUT2D eigenvalue weighted by Crippen LogP contribution is 2.27. The van der Waals surface area contributed by atoms with Crippen LogP contribution >= 0.6 is 11.6 Å². The van der Waals surface area contributed by atoms with Gasteiger partial charge in [0.15, 0.2) is 11.3 Å². The van der Waals surface area contributed by atoms with Crippen LogP contribution < -0.4 is 0 Å². The normalized spacial score (nSPS) is 10.9. The van der Waals surface area contributed by atoms with E-state index in [0.717, 1.165) is 0 Å². The molecule has 0 aliphatic heterocycles. The molecule has 22 heavy (non-hydrogen) atoms. The molecule has 0 aliphatic carbocycles. The van der Waals surface area contributed by atoms with Crippen LogP contribution in [0.25, 0.3) is 16.9 Å². The molecule has 0 atom stereocenters. The molecule has 0 radical (unpaired) electrons. The van der Waals surface area contributed by atoms with Crippen molar-refractivity contribution in [1.29, 1.82) is 0 Å². The third-order valence-electron chi connectivity index (χ3n) is 3.24. The fourth-order valence-electron chi connectivity index (χ4n) is 2.15. The molecular weight excluding hydrogens is 309 g/mol. The summed E-state index contributed by atoms with van der Waals surface area (Å²) in [5.74, 6) is -1.05. The van der Waals surface area contributed by atoms with Crippen molar-refractivity contribution in [1.82, 2.24) is 14.6 Å². The van der Waals surface area contributed by atoms with Crippen LogP contribution in [0.3, 0.4) is 0 Å². The highest BCUT2D eigenvalue weighted by molar-refractivity contribution is 6.34. The quantitative estimate of drug-likeness (QED) is 0.680. The predicted molar refractivity (Wildman–Crippen MR) is 79.5 cm³/mol. The molecule has 0 unspecified atom stereocenters. The Bertz CT molecular complexity index is 892. The van der Waals surface area contributed by atoms with Gasteiger partial charge in [0.25, 0.3) is 0 Å². The van der Waals surface area contributed by atoms with Gasteiger partial charge in [-0.05, 0) is 25.1 Å². The Morgan fingerprint density at radius 2 is 2.09 bits per heavy atom. The highest BCUT2D eigenvalue weighted by atomic mass is 35.5. The number of methoxy groups -OCH3 is 1. The molecule has 0 spiro atoms. The van der Waals surface area contributed by atoms with E-state index in [1.54, 1.807) is 25.1 Å². The number of hydrogen-bond donors (Lipinski definition) is 0. The van der Waals surface area contributed by atoms with Crippen molar-refractivity contribution in [2.24, 2.45) is 0 Å². The van der Waals surface area contributed by atoms with E-state index in [1.807, 2.05) is 0 Å². The Morgan fingerprint density at radius 3 is 2.77 bits per heavy atom. The Morgan fingerprint density at radius 1 is 1.36 bits per heavy atom. The molecule has 3 rings (SSSR count). The largest absolute Gasteiger partial charge is 0.464 e. The van der Waals surface area contributed by atoms with Crippen LogP contribution in [-0.4, -0.2) is 27.7 Å². The van der Waals surface area contributed by atoms with Gasteiger partial charge in [0, 0.05) is 5.56 Å². The fourth-order valence-corrected chi connectivity index (χ4v) is 2.31. The first-order valence-corrected chi connectivity index (χ1v) is 6.80. The van der Waals surface area contributed by atoms with Gasteiger partial charge in [-0.15, -0.1) is 0 Å². The number of rotatable bonds is 2. The topological polar surface area (TPSA) is 56.5 Å². The zero-order valence-electron chi connectivity index (χ0n) is 11.8. The van der Waals surface area contributed by atoms with Gasteiger partial charge < -0.3 is 4.74 Å². The van der Waals surface area contributed by atoms with Crippen LogP contribution in [0.15, 0.2) is 30.3 Å². The second kappa shape index (κ2) is 5.38. The molecule has 0 fully saturated rings.